The molecular formula is C16H16FNOS. The molecule has 104 valence electrons. The van der Waals surface area contributed by atoms with E-state index in [9.17, 15) is 8.60 Å². The Kier molecular flexibility index (Phi) is 4.45. The van der Waals surface area contributed by atoms with Gasteiger partial charge in [0.1, 0.15) is 16.8 Å². The molecule has 0 aliphatic carbocycles. The molecule has 0 aromatic heterocycles. The minimum Gasteiger partial charge on any atom is -0.234 e. The van der Waals surface area contributed by atoms with Gasteiger partial charge in [-0.05, 0) is 37.1 Å². The van der Waals surface area contributed by atoms with Crippen LogP contribution in [0.25, 0.3) is 0 Å². The zero-order valence-electron chi connectivity index (χ0n) is 11.4. The average molecular weight is 289 g/mol. The van der Waals surface area contributed by atoms with Crippen molar-refractivity contribution in [1.82, 2.24) is 0 Å². The van der Waals surface area contributed by atoms with E-state index in [1.54, 1.807) is 12.1 Å². The summed E-state index contributed by atoms with van der Waals surface area (Å²) in [5.74, 6) is -0.298. The number of halogens is 1. The molecule has 0 radical (unpaired) electrons. The first-order chi connectivity index (χ1) is 9.50. The molecule has 2 aromatic rings. The molecule has 2 rings (SSSR count). The predicted octanol–water partition coefficient (Wildman–Crippen LogP) is 3.84. The molecule has 2 aromatic carbocycles. The molecule has 1 atom stereocenters. The maximum absolute atomic E-state index is 12.8. The summed E-state index contributed by atoms with van der Waals surface area (Å²) >= 11 is 0. The summed E-state index contributed by atoms with van der Waals surface area (Å²) in [4.78, 5) is 0. The Balaban J connectivity index is 2.17. The molecule has 4 heteroatoms. The Morgan fingerprint density at radius 3 is 2.25 bits per heavy atom. The summed E-state index contributed by atoms with van der Waals surface area (Å²) in [5, 5.41) is 0. The molecule has 0 aliphatic rings. The van der Waals surface area contributed by atoms with Crippen molar-refractivity contribution in [3.05, 3.63) is 71.5 Å². The normalized spacial score (nSPS) is 13.6. The van der Waals surface area contributed by atoms with Crippen LogP contribution in [0.3, 0.4) is 0 Å². The van der Waals surface area contributed by atoms with Gasteiger partial charge in [-0.15, -0.1) is 0 Å². The highest BCUT2D eigenvalue weighted by molar-refractivity contribution is 7.84. The van der Waals surface area contributed by atoms with Crippen LogP contribution in [0, 0.1) is 5.82 Å². The monoisotopic (exact) mass is 289 g/mol. The zero-order valence-corrected chi connectivity index (χ0v) is 12.2. The molecule has 0 aliphatic heterocycles. The molecule has 20 heavy (non-hydrogen) atoms. The number of benzene rings is 2. The molecule has 0 bridgehead atoms. The van der Waals surface area contributed by atoms with Gasteiger partial charge in [0, 0.05) is 6.21 Å². The maximum atomic E-state index is 12.8. The summed E-state index contributed by atoms with van der Waals surface area (Å²) in [6.45, 7) is 3.78. The van der Waals surface area contributed by atoms with Crippen molar-refractivity contribution in [2.45, 2.75) is 18.6 Å². The van der Waals surface area contributed by atoms with E-state index in [4.69, 9.17) is 0 Å². The molecule has 0 N–H and O–H groups in total. The van der Waals surface area contributed by atoms with Crippen LogP contribution < -0.4 is 0 Å². The number of nitrogens with zero attached hydrogens (tertiary/aromatic N) is 1. The first-order valence-electron chi connectivity index (χ1n) is 6.27. The van der Waals surface area contributed by atoms with Gasteiger partial charge >= 0.3 is 0 Å². The lowest BCUT2D eigenvalue weighted by Gasteiger charge is -2.21. The van der Waals surface area contributed by atoms with Gasteiger partial charge in [-0.2, -0.15) is 4.40 Å². The highest BCUT2D eigenvalue weighted by Crippen LogP contribution is 2.27. The number of hydrogen-bond donors (Lipinski definition) is 0. The first kappa shape index (κ1) is 14.6. The van der Waals surface area contributed by atoms with Crippen LogP contribution in [0.5, 0.6) is 0 Å². The second-order valence-corrected chi connectivity index (χ2v) is 6.64. The lowest BCUT2D eigenvalue weighted by atomic mass is 10.0. The Labute approximate surface area is 121 Å². The largest absolute Gasteiger partial charge is 0.234 e. The summed E-state index contributed by atoms with van der Waals surface area (Å²) < 4.78 is 28.7. The Morgan fingerprint density at radius 2 is 1.65 bits per heavy atom. The van der Waals surface area contributed by atoms with Gasteiger partial charge in [-0.3, -0.25) is 0 Å². The fourth-order valence-electron chi connectivity index (χ4n) is 1.73. The van der Waals surface area contributed by atoms with Gasteiger partial charge < -0.3 is 0 Å². The quantitative estimate of drug-likeness (QED) is 0.786. The SMILES string of the molecule is CC(C)(c1ccccc1)[S@@](=O)/N=C/c1ccc(F)cc1. The predicted molar refractivity (Wildman–Crippen MR) is 81.6 cm³/mol. The molecular weight excluding hydrogens is 273 g/mol. The first-order valence-corrected chi connectivity index (χ1v) is 7.38. The van der Waals surface area contributed by atoms with Crippen LogP contribution in [0.2, 0.25) is 0 Å². The van der Waals surface area contributed by atoms with Crippen LogP contribution in [0.15, 0.2) is 59.0 Å². The highest BCUT2D eigenvalue weighted by Gasteiger charge is 2.27. The van der Waals surface area contributed by atoms with Crippen molar-refractivity contribution in [2.75, 3.05) is 0 Å². The third-order valence-electron chi connectivity index (χ3n) is 3.07. The lowest BCUT2D eigenvalue weighted by molar-refractivity contribution is 0.628. The molecule has 0 unspecified atom stereocenters. The van der Waals surface area contributed by atoms with Gasteiger partial charge in [0.25, 0.3) is 0 Å². The van der Waals surface area contributed by atoms with Crippen LogP contribution >= 0.6 is 0 Å². The molecule has 0 amide bonds. The van der Waals surface area contributed by atoms with E-state index in [0.717, 1.165) is 11.1 Å². The molecule has 2 nitrogen and oxygen atoms in total. The van der Waals surface area contributed by atoms with E-state index in [1.807, 2.05) is 44.2 Å². The summed E-state index contributed by atoms with van der Waals surface area (Å²) in [5.41, 5.74) is 1.69. The van der Waals surface area contributed by atoms with Crippen molar-refractivity contribution < 1.29 is 8.60 Å². The molecule has 0 heterocycles. The number of hydrogen-bond acceptors (Lipinski definition) is 1. The summed E-state index contributed by atoms with van der Waals surface area (Å²) in [7, 11) is -1.41. The number of rotatable bonds is 4. The van der Waals surface area contributed by atoms with Crippen LogP contribution in [-0.2, 0) is 15.7 Å². The van der Waals surface area contributed by atoms with E-state index in [2.05, 4.69) is 4.40 Å². The van der Waals surface area contributed by atoms with Gasteiger partial charge in [0.15, 0.2) is 0 Å². The molecule has 0 spiro atoms. The molecule has 0 saturated heterocycles. The van der Waals surface area contributed by atoms with Crippen molar-refractivity contribution in [2.24, 2.45) is 4.40 Å². The van der Waals surface area contributed by atoms with Crippen LogP contribution in [0.1, 0.15) is 25.0 Å². The summed E-state index contributed by atoms with van der Waals surface area (Å²) in [6.07, 6.45) is 1.51. The third-order valence-corrected chi connectivity index (χ3v) is 4.48. The Bertz CT molecular complexity index is 621. The van der Waals surface area contributed by atoms with Gasteiger partial charge in [0.05, 0.1) is 4.75 Å². The summed E-state index contributed by atoms with van der Waals surface area (Å²) in [6, 6.07) is 15.5. The van der Waals surface area contributed by atoms with Gasteiger partial charge in [-0.1, -0.05) is 42.5 Å². The molecule has 0 fully saturated rings. The van der Waals surface area contributed by atoms with Crippen molar-refractivity contribution in [3.63, 3.8) is 0 Å². The van der Waals surface area contributed by atoms with Crippen LogP contribution in [-0.4, -0.2) is 10.4 Å². The molecule has 0 saturated carbocycles. The van der Waals surface area contributed by atoms with Crippen molar-refractivity contribution in [1.29, 1.82) is 0 Å². The lowest BCUT2D eigenvalue weighted by Crippen LogP contribution is -2.22. The standard InChI is InChI=1S/C16H16FNOS/c1-16(2,14-6-4-3-5-7-14)20(19)18-12-13-8-10-15(17)11-9-13/h3-12H,1-2H3/b18-12+/t20-/m1/s1. The van der Waals surface area contributed by atoms with E-state index in [1.165, 1.54) is 18.3 Å². The van der Waals surface area contributed by atoms with Gasteiger partial charge in [0.2, 0.25) is 0 Å². The zero-order chi connectivity index (χ0) is 14.6. The van der Waals surface area contributed by atoms with E-state index < -0.39 is 15.7 Å². The Morgan fingerprint density at radius 1 is 1.05 bits per heavy atom. The fraction of sp³-hybridized carbons (Fsp3) is 0.188. The maximum Gasteiger partial charge on any atom is 0.149 e. The van der Waals surface area contributed by atoms with Crippen molar-refractivity contribution in [3.8, 4) is 0 Å². The Hall–Kier alpha value is -1.81. The minimum absolute atomic E-state index is 0.298. The van der Waals surface area contributed by atoms with E-state index >= 15 is 0 Å². The topological polar surface area (TPSA) is 29.4 Å². The van der Waals surface area contributed by atoms with Crippen LogP contribution in [0.4, 0.5) is 4.39 Å². The second kappa shape index (κ2) is 6.09. The highest BCUT2D eigenvalue weighted by atomic mass is 32.2. The minimum atomic E-state index is -1.41. The van der Waals surface area contributed by atoms with E-state index in [0.29, 0.717) is 0 Å². The van der Waals surface area contributed by atoms with Gasteiger partial charge in [-0.25, -0.2) is 8.60 Å². The second-order valence-electron chi connectivity index (χ2n) is 4.91. The van der Waals surface area contributed by atoms with Crippen molar-refractivity contribution >= 4 is 17.2 Å². The average Bonchev–Trinajstić information content (AvgIpc) is 2.47. The van der Waals surface area contributed by atoms with E-state index in [-0.39, 0.29) is 5.82 Å². The third kappa shape index (κ3) is 3.39. The smallest absolute Gasteiger partial charge is 0.149 e. The fourth-order valence-corrected chi connectivity index (χ4v) is 2.55.